The van der Waals surface area contributed by atoms with Crippen molar-refractivity contribution in [2.45, 2.75) is 26.7 Å². The molecule has 6 nitrogen and oxygen atoms in total. The molecule has 2 amide bonds. The van der Waals surface area contributed by atoms with Gasteiger partial charge >= 0.3 is 5.97 Å². The fourth-order valence-electron chi connectivity index (χ4n) is 2.53. The summed E-state index contributed by atoms with van der Waals surface area (Å²) in [6.45, 7) is 3.27. The standard InChI is InChI=1S/C16H20N2O4S/c1-10-3-4-12(7-13(10)17-11(2)19)18-14(20)8-16(15(21)22)5-6-23-9-16/h3-4,7H,5-6,8-9H2,1-2H3,(H,17,19)(H,18,20)(H,21,22)/t16-/m1/s1. The molecule has 23 heavy (non-hydrogen) atoms. The van der Waals surface area contributed by atoms with Crippen molar-refractivity contribution in [2.75, 3.05) is 22.1 Å². The minimum absolute atomic E-state index is 0.0430. The van der Waals surface area contributed by atoms with E-state index >= 15 is 0 Å². The maximum Gasteiger partial charge on any atom is 0.311 e. The number of rotatable bonds is 5. The van der Waals surface area contributed by atoms with Gasteiger partial charge in [0.2, 0.25) is 11.8 Å². The Balaban J connectivity index is 2.08. The van der Waals surface area contributed by atoms with E-state index in [1.807, 2.05) is 6.92 Å². The molecule has 1 heterocycles. The Morgan fingerprint density at radius 2 is 2.04 bits per heavy atom. The molecule has 0 aromatic heterocycles. The molecule has 1 atom stereocenters. The van der Waals surface area contributed by atoms with E-state index < -0.39 is 11.4 Å². The molecule has 1 saturated heterocycles. The number of aryl methyl sites for hydroxylation is 1. The van der Waals surface area contributed by atoms with E-state index in [0.29, 0.717) is 23.5 Å². The lowest BCUT2D eigenvalue weighted by molar-refractivity contribution is -0.149. The molecule has 1 aliphatic rings. The van der Waals surface area contributed by atoms with Crippen LogP contribution in [0.15, 0.2) is 18.2 Å². The van der Waals surface area contributed by atoms with Gasteiger partial charge in [0.05, 0.1) is 5.41 Å². The van der Waals surface area contributed by atoms with Gasteiger partial charge in [-0.1, -0.05) is 6.07 Å². The van der Waals surface area contributed by atoms with Crippen LogP contribution >= 0.6 is 11.8 Å². The van der Waals surface area contributed by atoms with Crippen molar-refractivity contribution in [3.8, 4) is 0 Å². The quantitative estimate of drug-likeness (QED) is 0.768. The molecular weight excluding hydrogens is 316 g/mol. The fraction of sp³-hybridized carbons (Fsp3) is 0.438. The molecule has 0 radical (unpaired) electrons. The van der Waals surface area contributed by atoms with Crippen LogP contribution in [0.5, 0.6) is 0 Å². The van der Waals surface area contributed by atoms with E-state index in [9.17, 15) is 19.5 Å². The normalized spacial score (nSPS) is 20.1. The molecule has 7 heteroatoms. The van der Waals surface area contributed by atoms with Gasteiger partial charge in [0.15, 0.2) is 0 Å². The summed E-state index contributed by atoms with van der Waals surface area (Å²) in [6.07, 6.45) is 0.462. The first-order chi connectivity index (χ1) is 10.8. The summed E-state index contributed by atoms with van der Waals surface area (Å²) in [5, 5.41) is 14.8. The largest absolute Gasteiger partial charge is 0.481 e. The number of hydrogen-bond donors (Lipinski definition) is 3. The number of carboxylic acid groups (broad SMARTS) is 1. The average Bonchev–Trinajstić information content (AvgIpc) is 2.91. The second-order valence-electron chi connectivity index (χ2n) is 5.82. The minimum Gasteiger partial charge on any atom is -0.481 e. The van der Waals surface area contributed by atoms with Crippen LogP contribution in [-0.2, 0) is 14.4 Å². The van der Waals surface area contributed by atoms with E-state index in [4.69, 9.17) is 0 Å². The third kappa shape index (κ3) is 4.25. The number of thioether (sulfide) groups is 1. The summed E-state index contributed by atoms with van der Waals surface area (Å²) in [4.78, 5) is 34.9. The maximum absolute atomic E-state index is 12.2. The zero-order chi connectivity index (χ0) is 17.0. The van der Waals surface area contributed by atoms with Crippen LogP contribution in [0.2, 0.25) is 0 Å². The van der Waals surface area contributed by atoms with Crippen LogP contribution in [0.3, 0.4) is 0 Å². The van der Waals surface area contributed by atoms with Crippen LogP contribution in [0.1, 0.15) is 25.3 Å². The van der Waals surface area contributed by atoms with Crippen molar-refractivity contribution in [3.63, 3.8) is 0 Å². The van der Waals surface area contributed by atoms with Crippen LogP contribution in [0.4, 0.5) is 11.4 Å². The molecule has 0 saturated carbocycles. The first-order valence-electron chi connectivity index (χ1n) is 7.32. The van der Waals surface area contributed by atoms with Crippen molar-refractivity contribution < 1.29 is 19.5 Å². The highest BCUT2D eigenvalue weighted by atomic mass is 32.2. The molecule has 3 N–H and O–H groups in total. The lowest BCUT2D eigenvalue weighted by atomic mass is 9.84. The van der Waals surface area contributed by atoms with Crippen LogP contribution in [-0.4, -0.2) is 34.4 Å². The topological polar surface area (TPSA) is 95.5 Å². The van der Waals surface area contributed by atoms with Crippen LogP contribution < -0.4 is 10.6 Å². The predicted molar refractivity (Wildman–Crippen MR) is 90.7 cm³/mol. The van der Waals surface area contributed by atoms with Gasteiger partial charge in [0.1, 0.15) is 0 Å². The number of benzene rings is 1. The Bertz CT molecular complexity index is 639. The predicted octanol–water partition coefficient (Wildman–Crippen LogP) is 2.49. The Morgan fingerprint density at radius 3 is 2.61 bits per heavy atom. The molecule has 0 spiro atoms. The molecule has 0 aliphatic carbocycles. The Kier molecular flexibility index (Phi) is 5.30. The van der Waals surface area contributed by atoms with Crippen molar-refractivity contribution in [2.24, 2.45) is 5.41 Å². The van der Waals surface area contributed by atoms with Crippen molar-refractivity contribution >= 4 is 40.9 Å². The average molecular weight is 336 g/mol. The monoisotopic (exact) mass is 336 g/mol. The second kappa shape index (κ2) is 7.04. The first-order valence-corrected chi connectivity index (χ1v) is 8.47. The molecular formula is C16H20N2O4S. The lowest BCUT2D eigenvalue weighted by Gasteiger charge is -2.22. The zero-order valence-electron chi connectivity index (χ0n) is 13.1. The molecule has 1 aromatic carbocycles. The SMILES string of the molecule is CC(=O)Nc1cc(NC(=O)C[C@]2(C(=O)O)CCSC2)ccc1C. The second-order valence-corrected chi connectivity index (χ2v) is 6.93. The molecule has 1 aromatic rings. The third-order valence-electron chi connectivity index (χ3n) is 3.89. The van der Waals surface area contributed by atoms with Gasteiger partial charge in [-0.25, -0.2) is 0 Å². The van der Waals surface area contributed by atoms with Crippen LogP contribution in [0.25, 0.3) is 0 Å². The number of carbonyl (C=O) groups excluding carboxylic acids is 2. The van der Waals surface area contributed by atoms with E-state index in [1.54, 1.807) is 30.0 Å². The Labute approximate surface area is 139 Å². The zero-order valence-corrected chi connectivity index (χ0v) is 14.0. The summed E-state index contributed by atoms with van der Waals surface area (Å²) < 4.78 is 0. The highest BCUT2D eigenvalue weighted by Crippen LogP contribution is 2.39. The number of hydrogen-bond acceptors (Lipinski definition) is 4. The summed E-state index contributed by atoms with van der Waals surface area (Å²) >= 11 is 1.56. The summed E-state index contributed by atoms with van der Waals surface area (Å²) in [7, 11) is 0. The van der Waals surface area contributed by atoms with E-state index in [-0.39, 0.29) is 18.2 Å². The Morgan fingerprint density at radius 1 is 1.30 bits per heavy atom. The number of amides is 2. The van der Waals surface area contributed by atoms with E-state index in [2.05, 4.69) is 10.6 Å². The molecule has 1 aliphatic heterocycles. The summed E-state index contributed by atoms with van der Waals surface area (Å²) in [5.74, 6) is -0.213. The molecule has 2 rings (SSSR count). The maximum atomic E-state index is 12.2. The van der Waals surface area contributed by atoms with Gasteiger partial charge in [-0.05, 0) is 36.8 Å². The number of anilines is 2. The Hall–Kier alpha value is -2.02. The fourth-order valence-corrected chi connectivity index (χ4v) is 3.97. The van der Waals surface area contributed by atoms with Crippen molar-refractivity contribution in [3.05, 3.63) is 23.8 Å². The van der Waals surface area contributed by atoms with Crippen molar-refractivity contribution in [1.29, 1.82) is 0 Å². The molecule has 1 fully saturated rings. The summed E-state index contributed by atoms with van der Waals surface area (Å²) in [5.41, 5.74) is 1.07. The van der Waals surface area contributed by atoms with Gasteiger partial charge in [0, 0.05) is 30.5 Å². The smallest absolute Gasteiger partial charge is 0.311 e. The summed E-state index contributed by atoms with van der Waals surface area (Å²) in [6, 6.07) is 5.19. The number of aliphatic carboxylic acids is 1. The van der Waals surface area contributed by atoms with Gasteiger partial charge in [-0.15, -0.1) is 0 Å². The first kappa shape index (κ1) is 17.3. The number of carbonyl (C=O) groups is 3. The van der Waals surface area contributed by atoms with E-state index in [1.165, 1.54) is 6.92 Å². The highest BCUT2D eigenvalue weighted by Gasteiger charge is 2.43. The lowest BCUT2D eigenvalue weighted by Crippen LogP contribution is -2.35. The van der Waals surface area contributed by atoms with Crippen molar-refractivity contribution in [1.82, 2.24) is 0 Å². The van der Waals surface area contributed by atoms with Crippen LogP contribution in [0, 0.1) is 12.3 Å². The number of nitrogens with one attached hydrogen (secondary N) is 2. The minimum atomic E-state index is -0.972. The third-order valence-corrected chi connectivity index (χ3v) is 5.14. The molecule has 0 unspecified atom stereocenters. The van der Waals surface area contributed by atoms with Gasteiger partial charge in [-0.3, -0.25) is 14.4 Å². The van der Waals surface area contributed by atoms with Gasteiger partial charge < -0.3 is 15.7 Å². The van der Waals surface area contributed by atoms with Gasteiger partial charge in [0.25, 0.3) is 0 Å². The van der Waals surface area contributed by atoms with E-state index in [0.717, 1.165) is 11.3 Å². The molecule has 0 bridgehead atoms. The van der Waals surface area contributed by atoms with Gasteiger partial charge in [-0.2, -0.15) is 11.8 Å². The highest BCUT2D eigenvalue weighted by molar-refractivity contribution is 7.99. The molecule has 124 valence electrons. The number of carboxylic acids is 1.